The molecule has 1 amide bonds. The lowest BCUT2D eigenvalue weighted by Crippen LogP contribution is -2.35. The smallest absolute Gasteiger partial charge is 0.250 e. The number of nitrogens with one attached hydrogen (secondary N) is 2. The molecule has 0 spiro atoms. The number of hydrogen-bond acceptors (Lipinski definition) is 3. The summed E-state index contributed by atoms with van der Waals surface area (Å²) in [6.07, 6.45) is 1.63. The average Bonchev–Trinajstić information content (AvgIpc) is 2.50. The van der Waals surface area contributed by atoms with E-state index >= 15 is 0 Å². The normalized spacial score (nSPS) is 17.1. The van der Waals surface area contributed by atoms with Crippen molar-refractivity contribution in [1.82, 2.24) is 9.88 Å². The van der Waals surface area contributed by atoms with Crippen LogP contribution in [0.15, 0.2) is 47.4 Å². The molecule has 1 aromatic heterocycles. The van der Waals surface area contributed by atoms with Gasteiger partial charge in [-0.15, -0.1) is 0 Å². The Labute approximate surface area is 122 Å². The summed E-state index contributed by atoms with van der Waals surface area (Å²) in [5, 5.41) is 6.14. The fraction of sp³-hybridized carbons (Fsp3) is 0.250. The number of carbonyl (C=O) groups is 1. The Hall–Kier alpha value is -2.40. The van der Waals surface area contributed by atoms with E-state index in [0.717, 1.165) is 17.7 Å². The third kappa shape index (κ3) is 2.73. The van der Waals surface area contributed by atoms with Crippen LogP contribution in [0, 0.1) is 0 Å². The van der Waals surface area contributed by atoms with Gasteiger partial charge >= 0.3 is 0 Å². The van der Waals surface area contributed by atoms with Crippen molar-refractivity contribution >= 4 is 11.6 Å². The molecule has 1 aliphatic heterocycles. The zero-order valence-electron chi connectivity index (χ0n) is 11.8. The molecular formula is C16H17N3O2. The van der Waals surface area contributed by atoms with E-state index in [0.29, 0.717) is 12.2 Å². The summed E-state index contributed by atoms with van der Waals surface area (Å²) in [4.78, 5) is 23.9. The first kappa shape index (κ1) is 13.6. The molecule has 2 aromatic rings. The molecule has 2 N–H and O–H groups in total. The SMILES string of the molecule is Cn1cc(NC(=O)C2CNCc3ccccc32)ccc1=O. The molecule has 1 aromatic carbocycles. The molecule has 0 fully saturated rings. The van der Waals surface area contributed by atoms with E-state index in [-0.39, 0.29) is 17.4 Å². The van der Waals surface area contributed by atoms with E-state index < -0.39 is 0 Å². The fourth-order valence-corrected chi connectivity index (χ4v) is 2.63. The number of anilines is 1. The highest BCUT2D eigenvalue weighted by atomic mass is 16.2. The number of benzene rings is 1. The molecule has 2 heterocycles. The van der Waals surface area contributed by atoms with Crippen molar-refractivity contribution in [3.05, 3.63) is 64.1 Å². The second-order valence-electron chi connectivity index (χ2n) is 5.24. The lowest BCUT2D eigenvalue weighted by atomic mass is 9.90. The second-order valence-corrected chi connectivity index (χ2v) is 5.24. The Balaban J connectivity index is 1.83. The average molecular weight is 283 g/mol. The Kier molecular flexibility index (Phi) is 3.58. The first-order valence-electron chi connectivity index (χ1n) is 6.91. The van der Waals surface area contributed by atoms with Crippen molar-refractivity contribution in [2.75, 3.05) is 11.9 Å². The maximum absolute atomic E-state index is 12.5. The summed E-state index contributed by atoms with van der Waals surface area (Å²) >= 11 is 0. The minimum Gasteiger partial charge on any atom is -0.324 e. The van der Waals surface area contributed by atoms with Crippen molar-refractivity contribution in [1.29, 1.82) is 0 Å². The molecule has 0 radical (unpaired) electrons. The van der Waals surface area contributed by atoms with Crippen LogP contribution in [0.3, 0.4) is 0 Å². The number of rotatable bonds is 2. The van der Waals surface area contributed by atoms with Gasteiger partial charge < -0.3 is 15.2 Å². The maximum Gasteiger partial charge on any atom is 0.250 e. The predicted octanol–water partition coefficient (Wildman–Crippen LogP) is 1.21. The van der Waals surface area contributed by atoms with Crippen LogP contribution < -0.4 is 16.2 Å². The molecule has 108 valence electrons. The Bertz CT molecular complexity index is 736. The number of fused-ring (bicyclic) bond motifs is 1. The molecule has 0 saturated carbocycles. The van der Waals surface area contributed by atoms with Crippen molar-refractivity contribution in [2.24, 2.45) is 7.05 Å². The summed E-state index contributed by atoms with van der Waals surface area (Å²) < 4.78 is 1.45. The van der Waals surface area contributed by atoms with Gasteiger partial charge in [-0.1, -0.05) is 24.3 Å². The third-order valence-corrected chi connectivity index (χ3v) is 3.76. The predicted molar refractivity (Wildman–Crippen MR) is 81.2 cm³/mol. The quantitative estimate of drug-likeness (QED) is 0.871. The van der Waals surface area contributed by atoms with Crippen molar-refractivity contribution in [3.63, 3.8) is 0 Å². The zero-order chi connectivity index (χ0) is 14.8. The maximum atomic E-state index is 12.5. The van der Waals surface area contributed by atoms with Gasteiger partial charge in [-0.2, -0.15) is 0 Å². The van der Waals surface area contributed by atoms with Gasteiger partial charge in [0.1, 0.15) is 0 Å². The molecule has 21 heavy (non-hydrogen) atoms. The monoisotopic (exact) mass is 283 g/mol. The highest BCUT2D eigenvalue weighted by molar-refractivity contribution is 5.96. The number of hydrogen-bond donors (Lipinski definition) is 2. The number of nitrogens with zero attached hydrogens (tertiary/aromatic N) is 1. The van der Waals surface area contributed by atoms with Gasteiger partial charge in [-0.05, 0) is 17.2 Å². The third-order valence-electron chi connectivity index (χ3n) is 3.76. The highest BCUT2D eigenvalue weighted by Crippen LogP contribution is 2.24. The number of aromatic nitrogens is 1. The first-order valence-corrected chi connectivity index (χ1v) is 6.91. The van der Waals surface area contributed by atoms with E-state index in [4.69, 9.17) is 0 Å². The van der Waals surface area contributed by atoms with E-state index in [2.05, 4.69) is 10.6 Å². The standard InChI is InChI=1S/C16H17N3O2/c1-19-10-12(6-7-15(19)20)18-16(21)14-9-17-8-11-4-2-3-5-13(11)14/h2-7,10,14,17H,8-9H2,1H3,(H,18,21). The molecule has 1 unspecified atom stereocenters. The number of aryl methyl sites for hydroxylation is 1. The molecular weight excluding hydrogens is 266 g/mol. The molecule has 0 saturated heterocycles. The van der Waals surface area contributed by atoms with Crippen molar-refractivity contribution in [2.45, 2.75) is 12.5 Å². The van der Waals surface area contributed by atoms with Crippen LogP contribution in [0.1, 0.15) is 17.0 Å². The summed E-state index contributed by atoms with van der Waals surface area (Å²) in [6.45, 7) is 1.41. The largest absolute Gasteiger partial charge is 0.324 e. The van der Waals surface area contributed by atoms with E-state index in [9.17, 15) is 9.59 Å². The summed E-state index contributed by atoms with van der Waals surface area (Å²) in [5.74, 6) is -0.277. The van der Waals surface area contributed by atoms with E-state index in [1.54, 1.807) is 19.3 Å². The van der Waals surface area contributed by atoms with Crippen LogP contribution >= 0.6 is 0 Å². The van der Waals surface area contributed by atoms with Gasteiger partial charge in [0.15, 0.2) is 0 Å². The summed E-state index contributed by atoms with van der Waals surface area (Å²) in [7, 11) is 1.66. The minimum absolute atomic E-state index is 0.0618. The van der Waals surface area contributed by atoms with Gasteiger partial charge in [0.2, 0.25) is 11.5 Å². The lowest BCUT2D eigenvalue weighted by molar-refractivity contribution is -0.117. The highest BCUT2D eigenvalue weighted by Gasteiger charge is 2.26. The number of carbonyl (C=O) groups excluding carboxylic acids is 1. The van der Waals surface area contributed by atoms with Crippen molar-refractivity contribution < 1.29 is 4.79 Å². The van der Waals surface area contributed by atoms with Crippen LogP contribution in [0.25, 0.3) is 0 Å². The molecule has 3 rings (SSSR count). The Morgan fingerprint density at radius 3 is 2.90 bits per heavy atom. The molecule has 5 heteroatoms. The van der Waals surface area contributed by atoms with E-state index in [1.807, 2.05) is 24.3 Å². The van der Waals surface area contributed by atoms with Crippen LogP contribution in [-0.4, -0.2) is 17.0 Å². The van der Waals surface area contributed by atoms with Crippen molar-refractivity contribution in [3.8, 4) is 0 Å². The summed E-state index contributed by atoms with van der Waals surface area (Å²) in [6, 6.07) is 11.0. The first-order chi connectivity index (χ1) is 10.1. The van der Waals surface area contributed by atoms with Gasteiger partial charge in [-0.3, -0.25) is 9.59 Å². The van der Waals surface area contributed by atoms with Gasteiger partial charge in [-0.25, -0.2) is 0 Å². The van der Waals surface area contributed by atoms with E-state index in [1.165, 1.54) is 10.6 Å². The van der Waals surface area contributed by atoms with Gasteiger partial charge in [0.25, 0.3) is 0 Å². The zero-order valence-corrected chi connectivity index (χ0v) is 11.8. The number of pyridine rings is 1. The van der Waals surface area contributed by atoms with Crippen LogP contribution in [-0.2, 0) is 18.4 Å². The molecule has 1 aliphatic rings. The van der Waals surface area contributed by atoms with Crippen LogP contribution in [0.5, 0.6) is 0 Å². The lowest BCUT2D eigenvalue weighted by Gasteiger charge is -2.25. The van der Waals surface area contributed by atoms with Crippen LogP contribution in [0.2, 0.25) is 0 Å². The molecule has 0 aliphatic carbocycles. The van der Waals surface area contributed by atoms with Crippen LogP contribution in [0.4, 0.5) is 5.69 Å². The molecule has 5 nitrogen and oxygen atoms in total. The minimum atomic E-state index is -0.216. The Morgan fingerprint density at radius 2 is 2.10 bits per heavy atom. The topological polar surface area (TPSA) is 63.1 Å². The van der Waals surface area contributed by atoms with Gasteiger partial charge in [0.05, 0.1) is 11.6 Å². The van der Waals surface area contributed by atoms with Gasteiger partial charge in [0, 0.05) is 32.4 Å². The molecule has 0 bridgehead atoms. The summed E-state index contributed by atoms with van der Waals surface area (Å²) in [5.41, 5.74) is 2.76. The fourth-order valence-electron chi connectivity index (χ4n) is 2.63. The Morgan fingerprint density at radius 1 is 1.29 bits per heavy atom. The second kappa shape index (κ2) is 5.54. The molecule has 1 atom stereocenters. The number of amides is 1.